The highest BCUT2D eigenvalue weighted by atomic mass is 32.2. The van der Waals surface area contributed by atoms with Gasteiger partial charge in [-0.05, 0) is 114 Å². The molecule has 8 unspecified atom stereocenters. The summed E-state index contributed by atoms with van der Waals surface area (Å²) >= 11 is -9.81. The summed E-state index contributed by atoms with van der Waals surface area (Å²) in [6, 6.07) is 28.0. The summed E-state index contributed by atoms with van der Waals surface area (Å²) in [4.78, 5) is 0. The van der Waals surface area contributed by atoms with Crippen molar-refractivity contribution < 1.29 is 51.8 Å². The molecule has 0 saturated carbocycles. The number of benzene rings is 4. The van der Waals surface area contributed by atoms with Gasteiger partial charge in [-0.15, -0.1) is 0 Å². The van der Waals surface area contributed by atoms with Crippen molar-refractivity contribution in [2.24, 2.45) is 0 Å². The highest BCUT2D eigenvalue weighted by molar-refractivity contribution is 7.75. The molecule has 12 nitrogen and oxygen atoms in total. The molecule has 4 aromatic carbocycles. The van der Waals surface area contributed by atoms with Gasteiger partial charge in [0.2, 0.25) is 0 Å². The van der Waals surface area contributed by atoms with Gasteiger partial charge >= 0.3 is 45.4 Å². The minimum atomic E-state index is -2.47. The molecule has 0 aromatic heterocycles. The van der Waals surface area contributed by atoms with Crippen LogP contribution in [0.1, 0.15) is 79.0 Å². The fourth-order valence-electron chi connectivity index (χ4n) is 5.83. The summed E-state index contributed by atoms with van der Waals surface area (Å²) < 4.78 is 101. The van der Waals surface area contributed by atoms with Gasteiger partial charge in [0.05, 0.1) is 0 Å². The molecule has 264 valence electrons. The molecule has 0 radical (unpaired) electrons. The maximum atomic E-state index is 11.2. The van der Waals surface area contributed by atoms with Gasteiger partial charge in [0.15, 0.2) is 0 Å². The highest BCUT2D eigenvalue weighted by Crippen LogP contribution is 2.42. The van der Waals surface area contributed by atoms with Gasteiger partial charge in [-0.1, -0.05) is 62.4 Å². The molecule has 8 atom stereocenters. The van der Waals surface area contributed by atoms with E-state index < -0.39 is 45.4 Å². The predicted molar refractivity (Wildman–Crippen MR) is 188 cm³/mol. The summed E-state index contributed by atoms with van der Waals surface area (Å²) in [7, 11) is 0. The molecule has 49 heavy (non-hydrogen) atoms. The zero-order chi connectivity index (χ0) is 35.5. The first-order valence-electron chi connectivity index (χ1n) is 14.9. The number of rotatable bonds is 18. The van der Waals surface area contributed by atoms with E-state index >= 15 is 0 Å². The Labute approximate surface area is 295 Å². The van der Waals surface area contributed by atoms with Gasteiger partial charge in [0.1, 0.15) is 23.0 Å². The molecule has 0 saturated heterocycles. The summed E-state index contributed by atoms with van der Waals surface area (Å²) in [5.74, 6) is 1.04. The molecule has 0 aliphatic rings. The Balaban J connectivity index is 1.66. The Morgan fingerprint density at radius 2 is 0.633 bits per heavy atom. The molecule has 4 rings (SSSR count). The van der Waals surface area contributed by atoms with Crippen LogP contribution >= 0.6 is 0 Å². The van der Waals surface area contributed by atoms with Gasteiger partial charge in [-0.2, -0.15) is 16.8 Å². The van der Waals surface area contributed by atoms with Crippen LogP contribution in [0.4, 0.5) is 0 Å². The molecule has 0 aliphatic carbocycles. The van der Waals surface area contributed by atoms with Gasteiger partial charge in [-0.3, -0.25) is 18.2 Å². The van der Waals surface area contributed by atoms with E-state index in [1.807, 2.05) is 48.5 Å². The molecular weight excluding hydrogens is 717 g/mol. The Hall–Kier alpha value is -3.48. The minimum absolute atomic E-state index is 0.0297. The van der Waals surface area contributed by atoms with Crippen molar-refractivity contribution >= 4 is 45.4 Å². The number of hydrogen-bond acceptors (Lipinski definition) is 8. The van der Waals surface area contributed by atoms with Crippen LogP contribution in [0, 0.1) is 0 Å². The van der Waals surface area contributed by atoms with Crippen molar-refractivity contribution in [2.75, 3.05) is 0 Å². The van der Waals surface area contributed by atoms with Crippen LogP contribution < -0.4 is 16.7 Å². The lowest BCUT2D eigenvalue weighted by Crippen LogP contribution is -2.13. The first-order chi connectivity index (χ1) is 23.4. The lowest BCUT2D eigenvalue weighted by molar-refractivity contribution is 0.438. The minimum Gasteiger partial charge on any atom is -0.380 e. The molecule has 0 fully saturated rings. The summed E-state index contributed by atoms with van der Waals surface area (Å²) in [6.07, 6.45) is 2.05. The summed E-state index contributed by atoms with van der Waals surface area (Å²) in [5.41, 5.74) is 3.94. The predicted octanol–water partition coefficient (Wildman–Crippen LogP) is 7.39. The van der Waals surface area contributed by atoms with Crippen molar-refractivity contribution in [3.8, 4) is 23.0 Å². The summed E-state index contributed by atoms with van der Waals surface area (Å²) in [6.45, 7) is 4.17. The Morgan fingerprint density at radius 1 is 0.408 bits per heavy atom. The van der Waals surface area contributed by atoms with Crippen molar-refractivity contribution in [1.29, 1.82) is 0 Å². The average Bonchev–Trinajstić information content (AvgIpc) is 3.04. The van der Waals surface area contributed by atoms with Crippen LogP contribution in [0.3, 0.4) is 0 Å². The second kappa shape index (κ2) is 18.5. The van der Waals surface area contributed by atoms with E-state index in [1.165, 1.54) is 0 Å². The first-order valence-corrected chi connectivity index (χ1v) is 19.1. The SMILES string of the molecule is CC(CC(CC(CC(C)c1ccc(OS(=O)O)cc1)c1ccc(OS(=O)O)cc1)c1ccc(OS(=O)O)cc1)c1ccc(OS(=O)O)cc1. The monoisotopic (exact) mass is 752 g/mol. The molecular formula is C33H36O12S4. The highest BCUT2D eigenvalue weighted by Gasteiger charge is 2.25. The molecule has 0 heterocycles. The molecule has 4 N–H and O–H groups in total. The second-order valence-electron chi connectivity index (χ2n) is 11.4. The third-order valence-corrected chi connectivity index (χ3v) is 9.46. The van der Waals surface area contributed by atoms with Gasteiger partial charge in [0.25, 0.3) is 0 Å². The van der Waals surface area contributed by atoms with Gasteiger partial charge < -0.3 is 16.7 Å². The molecule has 0 aliphatic heterocycles. The third-order valence-electron chi connectivity index (χ3n) is 8.12. The van der Waals surface area contributed by atoms with Gasteiger partial charge in [-0.25, -0.2) is 0 Å². The second-order valence-corrected chi connectivity index (χ2v) is 13.8. The fourth-order valence-corrected chi connectivity index (χ4v) is 6.93. The van der Waals surface area contributed by atoms with E-state index in [-0.39, 0.29) is 46.7 Å². The molecule has 0 amide bonds. The van der Waals surface area contributed by atoms with E-state index in [1.54, 1.807) is 48.5 Å². The standard InChI is InChI=1S/C33H36O12S4/c1-22(24-3-11-30(12-4-24)42-46(34)35)19-28(26-7-15-32(16-8-26)44-48(38)39)21-29(27-9-17-33(18-10-27)45-49(40)41)20-23(2)25-5-13-31(14-6-25)43-47(36)37/h3-18,22-23,28-29H,19-21H2,1-2H3,(H,34,35)(H,36,37)(H,38,39)(H,40,41). The van der Waals surface area contributed by atoms with Crippen LogP contribution in [-0.4, -0.2) is 35.0 Å². The summed E-state index contributed by atoms with van der Waals surface area (Å²) in [5, 5.41) is 0. The fraction of sp³-hybridized carbons (Fsp3) is 0.273. The number of hydrogen-bond donors (Lipinski definition) is 4. The van der Waals surface area contributed by atoms with E-state index in [4.69, 9.17) is 25.8 Å². The lowest BCUT2D eigenvalue weighted by Gasteiger charge is -2.29. The van der Waals surface area contributed by atoms with Gasteiger partial charge in [0, 0.05) is 0 Å². The first kappa shape index (κ1) is 38.3. The smallest absolute Gasteiger partial charge is 0.357 e. The topological polar surface area (TPSA) is 186 Å². The maximum Gasteiger partial charge on any atom is 0.357 e. The van der Waals surface area contributed by atoms with E-state index in [0.717, 1.165) is 22.3 Å². The molecule has 0 bridgehead atoms. The normalized spacial score (nSPS) is 16.3. The molecule has 16 heteroatoms. The van der Waals surface area contributed by atoms with E-state index in [0.29, 0.717) is 19.3 Å². The quantitative estimate of drug-likeness (QED) is 0.0740. The van der Waals surface area contributed by atoms with E-state index in [9.17, 15) is 25.9 Å². The molecule has 0 spiro atoms. The van der Waals surface area contributed by atoms with Crippen molar-refractivity contribution in [3.05, 3.63) is 119 Å². The zero-order valence-electron chi connectivity index (χ0n) is 26.4. The Kier molecular flexibility index (Phi) is 14.5. The Morgan fingerprint density at radius 3 is 0.857 bits per heavy atom. The van der Waals surface area contributed by atoms with Crippen LogP contribution in [0.25, 0.3) is 0 Å². The van der Waals surface area contributed by atoms with Crippen LogP contribution in [0.5, 0.6) is 23.0 Å². The molecule has 4 aromatic rings. The maximum absolute atomic E-state index is 11.2. The van der Waals surface area contributed by atoms with E-state index in [2.05, 4.69) is 13.8 Å². The van der Waals surface area contributed by atoms with Crippen LogP contribution in [0.2, 0.25) is 0 Å². The average molecular weight is 753 g/mol. The van der Waals surface area contributed by atoms with Crippen molar-refractivity contribution in [3.63, 3.8) is 0 Å². The Bertz CT molecular complexity index is 1600. The van der Waals surface area contributed by atoms with Crippen molar-refractivity contribution in [1.82, 2.24) is 0 Å². The largest absolute Gasteiger partial charge is 0.380 e. The lowest BCUT2D eigenvalue weighted by atomic mass is 9.76. The van der Waals surface area contributed by atoms with Crippen molar-refractivity contribution in [2.45, 2.75) is 56.8 Å². The van der Waals surface area contributed by atoms with Crippen LogP contribution in [0.15, 0.2) is 97.1 Å². The zero-order valence-corrected chi connectivity index (χ0v) is 29.6. The van der Waals surface area contributed by atoms with Crippen LogP contribution in [-0.2, 0) is 45.4 Å². The third kappa shape index (κ3) is 12.4.